The number of nitrogens with one attached hydrogen (secondary N) is 1. The Labute approximate surface area is 197 Å². The number of carbonyl (C=O) groups is 1. The third-order valence-electron chi connectivity index (χ3n) is 6.21. The number of fused-ring (bicyclic) bond motifs is 1. The number of amides is 1. The van der Waals surface area contributed by atoms with E-state index in [-0.39, 0.29) is 11.9 Å². The van der Waals surface area contributed by atoms with E-state index in [1.807, 2.05) is 6.92 Å². The second-order valence-corrected chi connectivity index (χ2v) is 10.3. The summed E-state index contributed by atoms with van der Waals surface area (Å²) in [6.07, 6.45) is 6.36. The van der Waals surface area contributed by atoms with Crippen LogP contribution in [-0.2, 0) is 27.7 Å². The highest BCUT2D eigenvalue weighted by Crippen LogP contribution is 2.33. The standard InChI is InChI=1S/C25H34N2O5S/c1-6-22(20-12-11-18-9-7-8-10-19(18)15-20)26-25(28)17(2)27(33(5,29)30)21-13-14-23(31-3)24(16-21)32-4/h11-17,22H,6-10H2,1-5H3,(H,26,28)/t17-,22+/m0/s1. The van der Waals surface area contributed by atoms with Crippen molar-refractivity contribution in [2.75, 3.05) is 24.8 Å². The number of carbonyl (C=O) groups excluding carboxylic acids is 1. The van der Waals surface area contributed by atoms with E-state index in [2.05, 4.69) is 23.5 Å². The molecule has 7 nitrogen and oxygen atoms in total. The zero-order chi connectivity index (χ0) is 24.2. The van der Waals surface area contributed by atoms with Gasteiger partial charge in [-0.15, -0.1) is 0 Å². The molecule has 0 aliphatic heterocycles. The molecule has 8 heteroatoms. The highest BCUT2D eigenvalue weighted by Gasteiger charge is 2.31. The third-order valence-corrected chi connectivity index (χ3v) is 7.45. The number of benzene rings is 2. The van der Waals surface area contributed by atoms with E-state index in [4.69, 9.17) is 9.47 Å². The molecule has 3 rings (SSSR count). The molecule has 1 amide bonds. The molecule has 0 unspecified atom stereocenters. The lowest BCUT2D eigenvalue weighted by Crippen LogP contribution is -2.48. The van der Waals surface area contributed by atoms with Gasteiger partial charge in [0.1, 0.15) is 6.04 Å². The van der Waals surface area contributed by atoms with E-state index < -0.39 is 16.1 Å². The maximum absolute atomic E-state index is 13.2. The first-order chi connectivity index (χ1) is 15.7. The summed E-state index contributed by atoms with van der Waals surface area (Å²) in [5.41, 5.74) is 4.12. The molecule has 0 fully saturated rings. The molecule has 2 aromatic carbocycles. The van der Waals surface area contributed by atoms with Crippen LogP contribution in [0.1, 0.15) is 55.8 Å². The summed E-state index contributed by atoms with van der Waals surface area (Å²) in [5.74, 6) is 0.502. The topological polar surface area (TPSA) is 84.9 Å². The van der Waals surface area contributed by atoms with Gasteiger partial charge in [0.15, 0.2) is 11.5 Å². The van der Waals surface area contributed by atoms with Crippen molar-refractivity contribution in [2.45, 2.75) is 58.0 Å². The van der Waals surface area contributed by atoms with E-state index in [1.165, 1.54) is 38.2 Å². The summed E-state index contributed by atoms with van der Waals surface area (Å²) in [7, 11) is -0.763. The monoisotopic (exact) mass is 474 g/mol. The van der Waals surface area contributed by atoms with Gasteiger partial charge < -0.3 is 14.8 Å². The lowest BCUT2D eigenvalue weighted by Gasteiger charge is -2.30. The molecular formula is C25H34N2O5S. The van der Waals surface area contributed by atoms with Crippen molar-refractivity contribution < 1.29 is 22.7 Å². The van der Waals surface area contributed by atoms with Crippen molar-refractivity contribution in [3.05, 3.63) is 53.1 Å². The van der Waals surface area contributed by atoms with Crippen LogP contribution in [-0.4, -0.2) is 40.8 Å². The first-order valence-electron chi connectivity index (χ1n) is 11.3. The minimum Gasteiger partial charge on any atom is -0.493 e. The number of aryl methyl sites for hydroxylation is 2. The smallest absolute Gasteiger partial charge is 0.244 e. The highest BCUT2D eigenvalue weighted by molar-refractivity contribution is 7.92. The van der Waals surface area contributed by atoms with Crippen LogP contribution in [0.2, 0.25) is 0 Å². The van der Waals surface area contributed by atoms with Crippen molar-refractivity contribution >= 4 is 21.6 Å². The first kappa shape index (κ1) is 24.9. The minimum atomic E-state index is -3.75. The lowest BCUT2D eigenvalue weighted by molar-refractivity contribution is -0.122. The quantitative estimate of drug-likeness (QED) is 0.594. The summed E-state index contributed by atoms with van der Waals surface area (Å²) < 4.78 is 37.1. The van der Waals surface area contributed by atoms with Crippen LogP contribution in [0, 0.1) is 0 Å². The number of rotatable bonds is 9. The van der Waals surface area contributed by atoms with Crippen LogP contribution >= 0.6 is 0 Å². The number of hydrogen-bond donors (Lipinski definition) is 1. The van der Waals surface area contributed by atoms with Gasteiger partial charge in [-0.05, 0) is 67.9 Å². The summed E-state index contributed by atoms with van der Waals surface area (Å²) in [4.78, 5) is 13.2. The third kappa shape index (κ3) is 5.61. The molecule has 0 spiro atoms. The predicted molar refractivity (Wildman–Crippen MR) is 131 cm³/mol. The largest absolute Gasteiger partial charge is 0.493 e. The zero-order valence-electron chi connectivity index (χ0n) is 20.1. The van der Waals surface area contributed by atoms with Gasteiger partial charge >= 0.3 is 0 Å². The molecule has 0 saturated carbocycles. The molecule has 180 valence electrons. The fourth-order valence-electron chi connectivity index (χ4n) is 4.45. The fourth-order valence-corrected chi connectivity index (χ4v) is 5.62. The van der Waals surface area contributed by atoms with E-state index in [0.717, 1.165) is 29.0 Å². The van der Waals surface area contributed by atoms with Crippen molar-refractivity contribution in [1.29, 1.82) is 0 Å². The second kappa shape index (κ2) is 10.5. The Kier molecular flexibility index (Phi) is 7.89. The van der Waals surface area contributed by atoms with Crippen molar-refractivity contribution in [1.82, 2.24) is 5.32 Å². The zero-order valence-corrected chi connectivity index (χ0v) is 20.9. The van der Waals surface area contributed by atoms with E-state index in [1.54, 1.807) is 25.1 Å². The van der Waals surface area contributed by atoms with Gasteiger partial charge in [0, 0.05) is 6.07 Å². The van der Waals surface area contributed by atoms with Crippen LogP contribution in [0.25, 0.3) is 0 Å². The highest BCUT2D eigenvalue weighted by atomic mass is 32.2. The molecule has 0 bridgehead atoms. The van der Waals surface area contributed by atoms with Crippen LogP contribution < -0.4 is 19.1 Å². The van der Waals surface area contributed by atoms with Crippen molar-refractivity contribution in [3.63, 3.8) is 0 Å². The molecule has 1 aliphatic carbocycles. The summed E-state index contributed by atoms with van der Waals surface area (Å²) in [6, 6.07) is 10.1. The van der Waals surface area contributed by atoms with Gasteiger partial charge in [0.2, 0.25) is 15.9 Å². The second-order valence-electron chi connectivity index (χ2n) is 8.48. The Morgan fingerprint density at radius 2 is 1.70 bits per heavy atom. The van der Waals surface area contributed by atoms with Gasteiger partial charge in [-0.1, -0.05) is 25.1 Å². The summed E-state index contributed by atoms with van der Waals surface area (Å²) in [5, 5.41) is 3.06. The molecule has 0 heterocycles. The van der Waals surface area contributed by atoms with Gasteiger partial charge in [-0.3, -0.25) is 9.10 Å². The van der Waals surface area contributed by atoms with Crippen molar-refractivity contribution in [2.24, 2.45) is 0 Å². The fraction of sp³-hybridized carbons (Fsp3) is 0.480. The molecule has 2 aromatic rings. The molecule has 0 aromatic heterocycles. The predicted octanol–water partition coefficient (Wildman–Crippen LogP) is 4.00. The number of anilines is 1. The van der Waals surface area contributed by atoms with Gasteiger partial charge in [-0.2, -0.15) is 0 Å². The number of hydrogen-bond acceptors (Lipinski definition) is 5. The van der Waals surface area contributed by atoms with Crippen molar-refractivity contribution in [3.8, 4) is 11.5 Å². The number of methoxy groups -OCH3 is 2. The maximum atomic E-state index is 13.2. The van der Waals surface area contributed by atoms with E-state index in [9.17, 15) is 13.2 Å². The van der Waals surface area contributed by atoms with E-state index in [0.29, 0.717) is 23.6 Å². The van der Waals surface area contributed by atoms with Crippen LogP contribution in [0.3, 0.4) is 0 Å². The van der Waals surface area contributed by atoms with E-state index >= 15 is 0 Å². The molecule has 0 saturated heterocycles. The Morgan fingerprint density at radius 1 is 1.03 bits per heavy atom. The molecule has 33 heavy (non-hydrogen) atoms. The number of ether oxygens (including phenoxy) is 2. The normalized spacial score (nSPS) is 15.2. The molecular weight excluding hydrogens is 440 g/mol. The first-order valence-corrected chi connectivity index (χ1v) is 13.2. The number of sulfonamides is 1. The minimum absolute atomic E-state index is 0.195. The Balaban J connectivity index is 1.86. The SMILES string of the molecule is CC[C@@H](NC(=O)[C@H](C)N(c1ccc(OC)c(OC)c1)S(C)(=O)=O)c1ccc2c(c1)CCCC2. The Morgan fingerprint density at radius 3 is 2.30 bits per heavy atom. The molecule has 2 atom stereocenters. The average Bonchev–Trinajstić information content (AvgIpc) is 2.81. The van der Waals surface area contributed by atoms with Crippen LogP contribution in [0.4, 0.5) is 5.69 Å². The maximum Gasteiger partial charge on any atom is 0.244 e. The van der Waals surface area contributed by atoms with Crippen LogP contribution in [0.5, 0.6) is 11.5 Å². The summed E-state index contributed by atoms with van der Waals surface area (Å²) >= 11 is 0. The number of nitrogens with zero attached hydrogens (tertiary/aromatic N) is 1. The average molecular weight is 475 g/mol. The van der Waals surface area contributed by atoms with Crippen LogP contribution in [0.15, 0.2) is 36.4 Å². The van der Waals surface area contributed by atoms with Gasteiger partial charge in [0.25, 0.3) is 0 Å². The van der Waals surface area contributed by atoms with Gasteiger partial charge in [-0.25, -0.2) is 8.42 Å². The Hall–Kier alpha value is -2.74. The summed E-state index contributed by atoms with van der Waals surface area (Å²) in [6.45, 7) is 3.60. The van der Waals surface area contributed by atoms with Gasteiger partial charge in [0.05, 0.1) is 32.2 Å². The lowest BCUT2D eigenvalue weighted by atomic mass is 9.88. The Bertz CT molecular complexity index is 1100. The molecule has 1 aliphatic rings. The molecule has 0 radical (unpaired) electrons. The molecule has 1 N–H and O–H groups in total.